The molecule has 1 aromatic heterocycles. The van der Waals surface area contributed by atoms with Crippen LogP contribution in [-0.4, -0.2) is 33.5 Å². The van der Waals surface area contributed by atoms with Crippen LogP contribution in [-0.2, 0) is 12.7 Å². The van der Waals surface area contributed by atoms with Crippen molar-refractivity contribution in [3.05, 3.63) is 47.0 Å². The van der Waals surface area contributed by atoms with E-state index in [0.717, 1.165) is 6.07 Å². The van der Waals surface area contributed by atoms with E-state index in [1.165, 1.54) is 11.0 Å². The first kappa shape index (κ1) is 19.2. The minimum Gasteiger partial charge on any atom is -0.331 e. The van der Waals surface area contributed by atoms with Crippen molar-refractivity contribution in [2.45, 2.75) is 38.7 Å². The third-order valence-corrected chi connectivity index (χ3v) is 4.31. The van der Waals surface area contributed by atoms with E-state index in [2.05, 4.69) is 9.97 Å². The first-order valence-electron chi connectivity index (χ1n) is 8.36. The normalized spacial score (nSPS) is 15.2. The molecule has 1 aromatic carbocycles. The van der Waals surface area contributed by atoms with Crippen LogP contribution in [0.25, 0.3) is 11.4 Å². The minimum atomic E-state index is -4.59. The summed E-state index contributed by atoms with van der Waals surface area (Å²) in [6.45, 7) is 1.85. The Bertz CT molecular complexity index is 851. The van der Waals surface area contributed by atoms with Gasteiger partial charge in [-0.1, -0.05) is 13.3 Å². The fraction of sp³-hybridized carbons (Fsp3) is 0.389. The van der Waals surface area contributed by atoms with Crippen LogP contribution < -0.4 is 0 Å². The van der Waals surface area contributed by atoms with Crippen molar-refractivity contribution in [1.82, 2.24) is 14.9 Å². The van der Waals surface area contributed by atoms with Crippen LogP contribution in [0.2, 0.25) is 0 Å². The molecule has 0 aliphatic carbocycles. The van der Waals surface area contributed by atoms with Crippen LogP contribution in [0.3, 0.4) is 0 Å². The largest absolute Gasteiger partial charge is 0.419 e. The van der Waals surface area contributed by atoms with Crippen LogP contribution >= 0.6 is 0 Å². The van der Waals surface area contributed by atoms with E-state index >= 15 is 0 Å². The molecule has 9 heteroatoms. The van der Waals surface area contributed by atoms with E-state index in [1.807, 2.05) is 6.92 Å². The molecule has 27 heavy (non-hydrogen) atoms. The second-order valence-electron chi connectivity index (χ2n) is 6.35. The van der Waals surface area contributed by atoms with Crippen molar-refractivity contribution < 1.29 is 26.7 Å². The van der Waals surface area contributed by atoms with Gasteiger partial charge >= 0.3 is 6.18 Å². The maximum Gasteiger partial charge on any atom is 0.419 e. The third kappa shape index (κ3) is 3.91. The molecule has 0 saturated heterocycles. The number of carbonyl (C=O) groups excluding carboxylic acids is 1. The number of alkyl halides is 4. The maximum absolute atomic E-state index is 14.4. The zero-order valence-electron chi connectivity index (χ0n) is 14.4. The summed E-state index contributed by atoms with van der Waals surface area (Å²) in [5.74, 6) is -1.51. The summed E-state index contributed by atoms with van der Waals surface area (Å²) in [4.78, 5) is 20.8. The number of nitrogens with zero attached hydrogens (tertiary/aromatic N) is 3. The monoisotopic (exact) mass is 385 g/mol. The van der Waals surface area contributed by atoms with Gasteiger partial charge in [-0.25, -0.2) is 18.7 Å². The van der Waals surface area contributed by atoms with Gasteiger partial charge in [-0.2, -0.15) is 13.2 Å². The first-order chi connectivity index (χ1) is 12.7. The molecular weight excluding hydrogens is 369 g/mol. The summed E-state index contributed by atoms with van der Waals surface area (Å²) in [6.07, 6.45) is -3.66. The highest BCUT2D eigenvalue weighted by molar-refractivity contribution is 5.99. The highest BCUT2D eigenvalue weighted by Crippen LogP contribution is 2.32. The van der Waals surface area contributed by atoms with Gasteiger partial charge in [0.05, 0.1) is 17.7 Å². The van der Waals surface area contributed by atoms with Crippen LogP contribution in [0.15, 0.2) is 24.5 Å². The van der Waals surface area contributed by atoms with Gasteiger partial charge in [0, 0.05) is 24.5 Å². The van der Waals surface area contributed by atoms with Crippen molar-refractivity contribution in [2.75, 3.05) is 6.54 Å². The van der Waals surface area contributed by atoms with E-state index in [9.17, 15) is 26.7 Å². The number of rotatable bonds is 5. The van der Waals surface area contributed by atoms with Crippen LogP contribution in [0.4, 0.5) is 22.0 Å². The molecule has 0 radical (unpaired) electrons. The molecule has 2 aromatic rings. The highest BCUT2D eigenvalue weighted by atomic mass is 19.4. The molecule has 1 aliphatic rings. The quantitative estimate of drug-likeness (QED) is 0.717. The Hall–Kier alpha value is -2.58. The van der Waals surface area contributed by atoms with Crippen LogP contribution in [0.5, 0.6) is 0 Å². The molecule has 0 bridgehead atoms. The number of benzene rings is 1. The third-order valence-electron chi connectivity index (χ3n) is 4.31. The lowest BCUT2D eigenvalue weighted by Gasteiger charge is -2.17. The van der Waals surface area contributed by atoms with Gasteiger partial charge in [-0.05, 0) is 24.1 Å². The number of halogens is 5. The number of carbonyl (C=O) groups is 1. The molecule has 3 rings (SSSR count). The second-order valence-corrected chi connectivity index (χ2v) is 6.35. The van der Waals surface area contributed by atoms with Crippen molar-refractivity contribution in [3.8, 4) is 11.4 Å². The van der Waals surface area contributed by atoms with E-state index in [4.69, 9.17) is 0 Å². The van der Waals surface area contributed by atoms with E-state index < -0.39 is 29.6 Å². The van der Waals surface area contributed by atoms with Gasteiger partial charge < -0.3 is 4.90 Å². The summed E-state index contributed by atoms with van der Waals surface area (Å²) in [7, 11) is 0. The molecule has 0 unspecified atom stereocenters. The summed E-state index contributed by atoms with van der Waals surface area (Å²) < 4.78 is 66.0. The van der Waals surface area contributed by atoms with Crippen molar-refractivity contribution in [2.24, 2.45) is 0 Å². The number of amides is 1. The molecule has 4 nitrogen and oxygen atoms in total. The summed E-state index contributed by atoms with van der Waals surface area (Å²) in [5.41, 5.74) is -0.572. The smallest absolute Gasteiger partial charge is 0.331 e. The minimum absolute atomic E-state index is 0.0882. The average Bonchev–Trinajstić information content (AvgIpc) is 2.89. The van der Waals surface area contributed by atoms with Gasteiger partial charge in [0.15, 0.2) is 5.82 Å². The zero-order chi connectivity index (χ0) is 19.8. The van der Waals surface area contributed by atoms with E-state index in [-0.39, 0.29) is 30.0 Å². The van der Waals surface area contributed by atoms with Crippen molar-refractivity contribution >= 4 is 5.91 Å². The van der Waals surface area contributed by atoms with Gasteiger partial charge in [-0.15, -0.1) is 0 Å². The number of hydrogen-bond acceptors (Lipinski definition) is 3. The summed E-state index contributed by atoms with van der Waals surface area (Å²) in [5, 5.41) is 0. The molecule has 144 valence electrons. The first-order valence-corrected chi connectivity index (χ1v) is 8.36. The maximum atomic E-state index is 14.4. The Balaban J connectivity index is 1.87. The SMILES string of the molecule is CCC[C@@H](F)CN1Cc2cc(-c3ncc(C(F)(F)F)cn3)c(F)cc2C1=O. The Morgan fingerprint density at radius 3 is 2.44 bits per heavy atom. The lowest BCUT2D eigenvalue weighted by atomic mass is 10.0. The Kier molecular flexibility index (Phi) is 5.12. The number of hydrogen-bond donors (Lipinski definition) is 0. The summed E-state index contributed by atoms with van der Waals surface area (Å²) in [6, 6.07) is 2.33. The predicted molar refractivity (Wildman–Crippen MR) is 87.0 cm³/mol. The standard InChI is InChI=1S/C18H16F5N3O/c1-2-3-12(19)9-26-8-10-4-14(15(20)5-13(10)17(26)27)16-24-6-11(7-25-16)18(21,22)23/h4-7,12H,2-3,8-9H2,1H3/t12-/m1/s1. The molecule has 0 spiro atoms. The van der Waals surface area contributed by atoms with Crippen molar-refractivity contribution in [3.63, 3.8) is 0 Å². The average molecular weight is 385 g/mol. The van der Waals surface area contributed by atoms with Gasteiger partial charge in [0.2, 0.25) is 0 Å². The topological polar surface area (TPSA) is 46.1 Å². The predicted octanol–water partition coefficient (Wildman–Crippen LogP) is 4.40. The van der Waals surface area contributed by atoms with Crippen molar-refractivity contribution in [1.29, 1.82) is 0 Å². The molecule has 1 aliphatic heterocycles. The number of aromatic nitrogens is 2. The van der Waals surface area contributed by atoms with Crippen LogP contribution in [0.1, 0.15) is 41.3 Å². The van der Waals surface area contributed by atoms with E-state index in [0.29, 0.717) is 30.8 Å². The molecule has 0 fully saturated rings. The molecule has 1 amide bonds. The van der Waals surface area contributed by atoms with Gasteiger partial charge in [-0.3, -0.25) is 4.79 Å². The molecule has 0 N–H and O–H groups in total. The Morgan fingerprint density at radius 1 is 1.19 bits per heavy atom. The number of fused-ring (bicyclic) bond motifs is 1. The Labute approximate surface area is 152 Å². The zero-order valence-corrected chi connectivity index (χ0v) is 14.4. The van der Waals surface area contributed by atoms with Gasteiger partial charge in [0.1, 0.15) is 12.0 Å². The lowest BCUT2D eigenvalue weighted by molar-refractivity contribution is -0.138. The fourth-order valence-corrected chi connectivity index (χ4v) is 2.97. The van der Waals surface area contributed by atoms with E-state index in [1.54, 1.807) is 0 Å². The van der Waals surface area contributed by atoms with Gasteiger partial charge in [0.25, 0.3) is 5.91 Å². The van der Waals surface area contributed by atoms with Crippen LogP contribution in [0, 0.1) is 5.82 Å². The molecule has 1 atom stereocenters. The molecule has 0 saturated carbocycles. The Morgan fingerprint density at radius 2 is 1.85 bits per heavy atom. The molecular formula is C18H16F5N3O. The highest BCUT2D eigenvalue weighted by Gasteiger charge is 2.33. The fourth-order valence-electron chi connectivity index (χ4n) is 2.97. The second kappa shape index (κ2) is 7.21. The summed E-state index contributed by atoms with van der Waals surface area (Å²) >= 11 is 0. The lowest BCUT2D eigenvalue weighted by Crippen LogP contribution is -2.30. The molecule has 2 heterocycles.